The molecule has 0 spiro atoms. The summed E-state index contributed by atoms with van der Waals surface area (Å²) < 4.78 is 68.9. The van der Waals surface area contributed by atoms with Gasteiger partial charge in [0.15, 0.2) is 12.2 Å². The number of rotatable bonds is 84. The number of ether oxygens (including phenoxy) is 4. The summed E-state index contributed by atoms with van der Waals surface area (Å²) in [6, 6.07) is 0. The Morgan fingerprint density at radius 3 is 0.670 bits per heavy atom. The number of aliphatic hydroxyl groups is 1. The fraction of sp³-hybridized carbons (Fsp3) is 0.954. The van der Waals surface area contributed by atoms with Crippen LogP contribution in [0.15, 0.2) is 0 Å². The molecular formula is C87H170O17P2. The second kappa shape index (κ2) is 75.7. The lowest BCUT2D eigenvalue weighted by Gasteiger charge is -2.21. The van der Waals surface area contributed by atoms with E-state index in [0.717, 1.165) is 114 Å². The van der Waals surface area contributed by atoms with Crippen LogP contribution in [0.2, 0.25) is 0 Å². The number of aliphatic hydroxyl groups excluding tert-OH is 1. The first-order valence-electron chi connectivity index (χ1n) is 44.7. The first-order valence-corrected chi connectivity index (χ1v) is 47.7. The maximum absolute atomic E-state index is 13.1. The smallest absolute Gasteiger partial charge is 0.462 e. The largest absolute Gasteiger partial charge is 0.472 e. The van der Waals surface area contributed by atoms with Gasteiger partial charge in [-0.15, -0.1) is 0 Å². The summed E-state index contributed by atoms with van der Waals surface area (Å²) in [5.41, 5.74) is 0. The van der Waals surface area contributed by atoms with E-state index in [0.29, 0.717) is 31.6 Å². The highest BCUT2D eigenvalue weighted by atomic mass is 31.2. The first kappa shape index (κ1) is 104. The van der Waals surface area contributed by atoms with Crippen LogP contribution in [0.25, 0.3) is 0 Å². The van der Waals surface area contributed by atoms with Gasteiger partial charge in [0.25, 0.3) is 0 Å². The Kier molecular flexibility index (Phi) is 74.3. The Morgan fingerprint density at radius 1 is 0.264 bits per heavy atom. The number of carbonyl (C=O) groups is 4. The van der Waals surface area contributed by atoms with E-state index in [9.17, 15) is 43.2 Å². The molecule has 6 atom stereocenters. The van der Waals surface area contributed by atoms with Gasteiger partial charge in [0.1, 0.15) is 19.3 Å². The summed E-state index contributed by atoms with van der Waals surface area (Å²) in [7, 11) is -9.93. The van der Waals surface area contributed by atoms with Crippen LogP contribution < -0.4 is 0 Å². The predicted molar refractivity (Wildman–Crippen MR) is 437 cm³/mol. The van der Waals surface area contributed by atoms with Gasteiger partial charge in [0, 0.05) is 25.7 Å². The molecule has 0 amide bonds. The normalized spacial score (nSPS) is 14.2. The third kappa shape index (κ3) is 78.7. The van der Waals surface area contributed by atoms with Gasteiger partial charge in [-0.2, -0.15) is 0 Å². The maximum Gasteiger partial charge on any atom is 0.472 e. The van der Waals surface area contributed by atoms with Crippen molar-refractivity contribution in [3.8, 4) is 0 Å². The summed E-state index contributed by atoms with van der Waals surface area (Å²) in [6.07, 6.45) is 65.3. The topological polar surface area (TPSA) is 237 Å². The molecule has 0 aromatic heterocycles. The minimum absolute atomic E-state index is 0.107. The molecule has 0 heterocycles. The van der Waals surface area contributed by atoms with Crippen molar-refractivity contribution >= 4 is 39.5 Å². The third-order valence-corrected chi connectivity index (χ3v) is 22.6. The Labute approximate surface area is 651 Å². The SMILES string of the molecule is CCC(C)CCCCCCCCCCCCCCCCC(=O)O[C@H](COC(=O)CCCCCCCCCCCCCCCCC(C)C)COP(=O)(O)OCC(O)COP(=O)(O)OC[C@@H](COC(=O)CCCCCCCCCC(C)C)OC(=O)CCCCCCCCCCCCCCCCCCCCC(C)C. The number of hydrogen-bond acceptors (Lipinski definition) is 15. The molecule has 0 aliphatic rings. The molecule has 3 N–H and O–H groups in total. The number of phosphoric ester groups is 2. The quantitative estimate of drug-likeness (QED) is 0.0222. The standard InChI is InChI=1S/C87H170O17P2/c1-9-80(8)66-58-50-42-34-28-22-17-19-25-31-37-45-54-62-70-86(91)103-82(73-97-84(89)67-59-51-43-35-29-23-18-16-21-27-33-40-48-56-64-78(4)5)75-101-105(93,94)99-71-81(88)72-100-106(95,96)102-76-83(74-98-85(90)68-60-52-46-38-41-49-57-65-79(6)7)104-87(92)69-61-53-44-36-30-24-15-13-11-10-12-14-20-26-32-39-47-55-63-77(2)3/h77-83,88H,9-76H2,1-8H3,(H,93,94)(H,95,96)/t80?,81?,82-,83-/m1/s1. The van der Waals surface area contributed by atoms with Crippen LogP contribution in [-0.2, 0) is 65.4 Å². The lowest BCUT2D eigenvalue weighted by atomic mass is 9.99. The van der Waals surface area contributed by atoms with Crippen LogP contribution in [0.5, 0.6) is 0 Å². The van der Waals surface area contributed by atoms with Crippen molar-refractivity contribution in [3.63, 3.8) is 0 Å². The van der Waals surface area contributed by atoms with Crippen LogP contribution in [0, 0.1) is 23.7 Å². The average molecular weight is 1550 g/mol. The molecule has 630 valence electrons. The number of unbranched alkanes of at least 4 members (excludes halogenated alkanes) is 49. The summed E-state index contributed by atoms with van der Waals surface area (Å²) in [5.74, 6) is 1.06. The van der Waals surface area contributed by atoms with E-state index >= 15 is 0 Å². The highest BCUT2D eigenvalue weighted by molar-refractivity contribution is 7.47. The molecule has 0 radical (unpaired) electrons. The molecule has 17 nitrogen and oxygen atoms in total. The van der Waals surface area contributed by atoms with Crippen LogP contribution in [0.1, 0.15) is 453 Å². The molecular weight excluding hydrogens is 1380 g/mol. The molecule has 0 aromatic carbocycles. The van der Waals surface area contributed by atoms with Crippen molar-refractivity contribution < 1.29 is 80.2 Å². The first-order chi connectivity index (χ1) is 51.1. The molecule has 0 saturated carbocycles. The van der Waals surface area contributed by atoms with Gasteiger partial charge in [-0.3, -0.25) is 37.3 Å². The Balaban J connectivity index is 5.22. The molecule has 0 aliphatic heterocycles. The minimum atomic E-state index is -4.97. The number of hydrogen-bond donors (Lipinski definition) is 3. The summed E-state index contributed by atoms with van der Waals surface area (Å²) in [6.45, 7) is 14.3. The Hall–Kier alpha value is -1.94. The fourth-order valence-corrected chi connectivity index (χ4v) is 15.0. The highest BCUT2D eigenvalue weighted by Crippen LogP contribution is 2.45. The van der Waals surface area contributed by atoms with Crippen LogP contribution in [0.4, 0.5) is 0 Å². The lowest BCUT2D eigenvalue weighted by molar-refractivity contribution is -0.161. The van der Waals surface area contributed by atoms with Gasteiger partial charge < -0.3 is 33.8 Å². The van der Waals surface area contributed by atoms with E-state index in [1.54, 1.807) is 0 Å². The molecule has 0 aliphatic carbocycles. The number of phosphoric acid groups is 2. The van der Waals surface area contributed by atoms with E-state index in [1.807, 2.05) is 0 Å². The zero-order valence-electron chi connectivity index (χ0n) is 70.1. The maximum atomic E-state index is 13.1. The van der Waals surface area contributed by atoms with E-state index in [1.165, 1.54) is 250 Å². The molecule has 4 unspecified atom stereocenters. The van der Waals surface area contributed by atoms with Gasteiger partial charge >= 0.3 is 39.5 Å². The molecule has 0 rings (SSSR count). The average Bonchev–Trinajstić information content (AvgIpc) is 0.899. The van der Waals surface area contributed by atoms with Gasteiger partial charge in [-0.1, -0.05) is 402 Å². The van der Waals surface area contributed by atoms with E-state index in [4.69, 9.17) is 37.0 Å². The third-order valence-electron chi connectivity index (χ3n) is 20.7. The fourth-order valence-electron chi connectivity index (χ4n) is 13.5. The van der Waals surface area contributed by atoms with Crippen molar-refractivity contribution in [2.24, 2.45) is 23.7 Å². The minimum Gasteiger partial charge on any atom is -0.462 e. The predicted octanol–water partition coefficient (Wildman–Crippen LogP) is 26.3. The molecule has 0 fully saturated rings. The molecule has 0 bridgehead atoms. The van der Waals surface area contributed by atoms with E-state index < -0.39 is 97.5 Å². The number of carbonyl (C=O) groups excluding carboxylic acids is 4. The Bertz CT molecular complexity index is 2060. The Morgan fingerprint density at radius 2 is 0.453 bits per heavy atom. The van der Waals surface area contributed by atoms with Crippen molar-refractivity contribution in [1.82, 2.24) is 0 Å². The van der Waals surface area contributed by atoms with Crippen LogP contribution in [-0.4, -0.2) is 96.7 Å². The second-order valence-corrected chi connectivity index (χ2v) is 35.9. The van der Waals surface area contributed by atoms with Crippen molar-refractivity contribution in [2.75, 3.05) is 39.6 Å². The zero-order chi connectivity index (χ0) is 78.1. The van der Waals surface area contributed by atoms with Crippen LogP contribution >= 0.6 is 15.6 Å². The monoisotopic (exact) mass is 1550 g/mol. The summed E-state index contributed by atoms with van der Waals surface area (Å²) in [4.78, 5) is 73.2. The lowest BCUT2D eigenvalue weighted by Crippen LogP contribution is -2.30. The zero-order valence-corrected chi connectivity index (χ0v) is 71.9. The van der Waals surface area contributed by atoms with Gasteiger partial charge in [0.05, 0.1) is 26.4 Å². The van der Waals surface area contributed by atoms with Crippen molar-refractivity contribution in [3.05, 3.63) is 0 Å². The van der Waals surface area contributed by atoms with Crippen LogP contribution in [0.3, 0.4) is 0 Å². The molecule has 0 aromatic rings. The number of esters is 4. The van der Waals surface area contributed by atoms with Gasteiger partial charge in [-0.25, -0.2) is 9.13 Å². The van der Waals surface area contributed by atoms with Gasteiger partial charge in [-0.05, 0) is 49.4 Å². The van der Waals surface area contributed by atoms with Gasteiger partial charge in [0.2, 0.25) is 0 Å². The molecule has 19 heteroatoms. The summed E-state index contributed by atoms with van der Waals surface area (Å²) >= 11 is 0. The van der Waals surface area contributed by atoms with Crippen molar-refractivity contribution in [1.29, 1.82) is 0 Å². The van der Waals surface area contributed by atoms with Crippen molar-refractivity contribution in [2.45, 2.75) is 472 Å². The highest BCUT2D eigenvalue weighted by Gasteiger charge is 2.31. The van der Waals surface area contributed by atoms with E-state index in [2.05, 4.69) is 55.4 Å². The summed E-state index contributed by atoms with van der Waals surface area (Å²) in [5, 5.41) is 10.7. The van der Waals surface area contributed by atoms with E-state index in [-0.39, 0.29) is 25.7 Å². The second-order valence-electron chi connectivity index (χ2n) is 33.0. The molecule has 0 saturated heterocycles. The molecule has 106 heavy (non-hydrogen) atoms.